The van der Waals surface area contributed by atoms with Crippen molar-refractivity contribution in [3.63, 3.8) is 0 Å². The standard InChI is InChI=1S/C22H27NO7/c1-4-28-20(26)22(21(27)29-5-2)17(12-11-16-13-18(25)23(16)22)19(30-14(3)24)15-9-7-6-8-10-15/h6-10,16-17,19H,4-5,11-13H2,1-3H3/t16-,17-,19?/m1/s1. The van der Waals surface area contributed by atoms with Gasteiger partial charge >= 0.3 is 17.9 Å². The molecule has 3 rings (SSSR count). The smallest absolute Gasteiger partial charge is 0.344 e. The van der Waals surface area contributed by atoms with Crippen molar-refractivity contribution < 1.29 is 33.4 Å². The summed E-state index contributed by atoms with van der Waals surface area (Å²) in [5.74, 6) is -3.41. The van der Waals surface area contributed by atoms with Gasteiger partial charge in [-0.2, -0.15) is 0 Å². The summed E-state index contributed by atoms with van der Waals surface area (Å²) in [6.45, 7) is 4.59. The largest absolute Gasteiger partial charge is 0.464 e. The number of amides is 1. The van der Waals surface area contributed by atoms with Crippen molar-refractivity contribution in [3.05, 3.63) is 35.9 Å². The lowest BCUT2D eigenvalue weighted by Crippen LogP contribution is -2.77. The zero-order valence-electron chi connectivity index (χ0n) is 17.5. The summed E-state index contributed by atoms with van der Waals surface area (Å²) < 4.78 is 16.2. The zero-order valence-corrected chi connectivity index (χ0v) is 17.5. The molecule has 0 bridgehead atoms. The summed E-state index contributed by atoms with van der Waals surface area (Å²) in [5, 5.41) is 0. The van der Waals surface area contributed by atoms with E-state index in [-0.39, 0.29) is 31.6 Å². The molecule has 0 aromatic heterocycles. The van der Waals surface area contributed by atoms with Crippen LogP contribution in [0.25, 0.3) is 0 Å². The Bertz CT molecular complexity index is 804. The summed E-state index contributed by atoms with van der Waals surface area (Å²) in [6, 6.07) is 8.65. The van der Waals surface area contributed by atoms with Gasteiger partial charge in [0.15, 0.2) is 0 Å². The fourth-order valence-corrected chi connectivity index (χ4v) is 4.60. The van der Waals surface area contributed by atoms with Crippen LogP contribution in [0, 0.1) is 5.92 Å². The Balaban J connectivity index is 2.19. The highest BCUT2D eigenvalue weighted by Crippen LogP contribution is 2.50. The summed E-state index contributed by atoms with van der Waals surface area (Å²) in [5.41, 5.74) is -1.37. The molecule has 1 aromatic rings. The Hall–Kier alpha value is -2.90. The van der Waals surface area contributed by atoms with Crippen molar-refractivity contribution in [3.8, 4) is 0 Å². The number of nitrogens with zero attached hydrogens (tertiary/aromatic N) is 1. The maximum Gasteiger partial charge on any atom is 0.344 e. The van der Waals surface area contributed by atoms with Crippen molar-refractivity contribution in [1.82, 2.24) is 4.90 Å². The first-order valence-electron chi connectivity index (χ1n) is 10.3. The van der Waals surface area contributed by atoms with Gasteiger partial charge in [0.1, 0.15) is 6.10 Å². The molecule has 3 atom stereocenters. The third kappa shape index (κ3) is 3.55. The Morgan fingerprint density at radius 2 is 1.67 bits per heavy atom. The number of piperidine rings is 1. The number of ether oxygens (including phenoxy) is 3. The number of esters is 3. The van der Waals surface area contributed by atoms with Gasteiger partial charge in [-0.3, -0.25) is 9.59 Å². The first kappa shape index (κ1) is 21.8. The average Bonchev–Trinajstić information content (AvgIpc) is 2.71. The van der Waals surface area contributed by atoms with E-state index < -0.39 is 35.5 Å². The Morgan fingerprint density at radius 3 is 2.17 bits per heavy atom. The maximum absolute atomic E-state index is 13.3. The third-order valence-corrected chi connectivity index (χ3v) is 5.73. The molecular formula is C22H27NO7. The van der Waals surface area contributed by atoms with Crippen LogP contribution in [0.5, 0.6) is 0 Å². The van der Waals surface area contributed by atoms with Gasteiger partial charge in [0.2, 0.25) is 11.4 Å². The topological polar surface area (TPSA) is 99.2 Å². The van der Waals surface area contributed by atoms with Gasteiger partial charge in [-0.15, -0.1) is 0 Å². The minimum atomic E-state index is -2.00. The van der Waals surface area contributed by atoms with Gasteiger partial charge in [-0.1, -0.05) is 30.3 Å². The quantitative estimate of drug-likeness (QED) is 0.290. The van der Waals surface area contributed by atoms with Crippen molar-refractivity contribution in [1.29, 1.82) is 0 Å². The molecule has 1 aromatic carbocycles. The van der Waals surface area contributed by atoms with Crippen LogP contribution in [0.2, 0.25) is 0 Å². The predicted molar refractivity (Wildman–Crippen MR) is 105 cm³/mol. The van der Waals surface area contributed by atoms with Crippen molar-refractivity contribution in [2.24, 2.45) is 5.92 Å². The van der Waals surface area contributed by atoms with Crippen LogP contribution >= 0.6 is 0 Å². The van der Waals surface area contributed by atoms with E-state index in [1.165, 1.54) is 11.8 Å². The summed E-state index contributed by atoms with van der Waals surface area (Å²) in [6.07, 6.45) is 0.309. The van der Waals surface area contributed by atoms with Gasteiger partial charge in [0, 0.05) is 25.3 Å². The van der Waals surface area contributed by atoms with Crippen LogP contribution in [0.1, 0.15) is 51.7 Å². The molecule has 162 valence electrons. The van der Waals surface area contributed by atoms with Gasteiger partial charge in [0.25, 0.3) is 0 Å². The van der Waals surface area contributed by atoms with E-state index in [1.54, 1.807) is 38.1 Å². The molecule has 2 aliphatic rings. The highest BCUT2D eigenvalue weighted by molar-refractivity contribution is 6.10. The Morgan fingerprint density at radius 1 is 1.07 bits per heavy atom. The van der Waals surface area contributed by atoms with Crippen LogP contribution in [-0.2, 0) is 33.4 Å². The number of carbonyl (C=O) groups excluding carboxylic acids is 4. The normalized spacial score (nSPS) is 22.9. The molecule has 1 unspecified atom stereocenters. The van der Waals surface area contributed by atoms with Gasteiger partial charge < -0.3 is 19.1 Å². The van der Waals surface area contributed by atoms with Crippen LogP contribution in [-0.4, -0.2) is 53.5 Å². The molecule has 0 saturated carbocycles. The van der Waals surface area contributed by atoms with Gasteiger partial charge in [-0.25, -0.2) is 9.59 Å². The van der Waals surface area contributed by atoms with E-state index in [1.807, 2.05) is 6.07 Å². The summed E-state index contributed by atoms with van der Waals surface area (Å²) >= 11 is 0. The van der Waals surface area contributed by atoms with Gasteiger partial charge in [-0.05, 0) is 32.3 Å². The molecule has 8 heteroatoms. The highest BCUT2D eigenvalue weighted by atomic mass is 16.6. The summed E-state index contributed by atoms with van der Waals surface area (Å²) in [4.78, 5) is 52.6. The van der Waals surface area contributed by atoms with Gasteiger partial charge in [0.05, 0.1) is 13.2 Å². The van der Waals surface area contributed by atoms with E-state index in [4.69, 9.17) is 14.2 Å². The maximum atomic E-state index is 13.3. The minimum Gasteiger partial charge on any atom is -0.464 e. The molecule has 1 amide bonds. The molecule has 8 nitrogen and oxygen atoms in total. The van der Waals surface area contributed by atoms with E-state index in [9.17, 15) is 19.2 Å². The minimum absolute atomic E-state index is 0.0307. The number of hydrogen-bond donors (Lipinski definition) is 0. The lowest BCUT2D eigenvalue weighted by atomic mass is 9.66. The molecule has 0 radical (unpaired) electrons. The highest BCUT2D eigenvalue weighted by Gasteiger charge is 2.69. The number of fused-ring (bicyclic) bond motifs is 1. The van der Waals surface area contributed by atoms with Crippen LogP contribution in [0.3, 0.4) is 0 Å². The molecule has 2 aliphatic heterocycles. The molecular weight excluding hydrogens is 390 g/mol. The lowest BCUT2D eigenvalue weighted by molar-refractivity contribution is -0.210. The van der Waals surface area contributed by atoms with E-state index in [0.717, 1.165) is 0 Å². The van der Waals surface area contributed by atoms with E-state index >= 15 is 0 Å². The molecule has 0 spiro atoms. The molecule has 30 heavy (non-hydrogen) atoms. The molecule has 0 aliphatic carbocycles. The Labute approximate surface area is 175 Å². The molecule has 2 saturated heterocycles. The number of rotatable bonds is 7. The zero-order chi connectivity index (χ0) is 21.9. The number of carbonyl (C=O) groups is 4. The fraction of sp³-hybridized carbons (Fsp3) is 0.545. The molecule has 0 N–H and O–H groups in total. The predicted octanol–water partition coefficient (Wildman–Crippen LogP) is 2.17. The first-order valence-corrected chi connectivity index (χ1v) is 10.3. The van der Waals surface area contributed by atoms with Crippen LogP contribution in [0.15, 0.2) is 30.3 Å². The second-order valence-corrected chi connectivity index (χ2v) is 7.45. The average molecular weight is 417 g/mol. The Kier molecular flexibility index (Phi) is 6.43. The van der Waals surface area contributed by atoms with E-state index in [0.29, 0.717) is 18.4 Å². The second-order valence-electron chi connectivity index (χ2n) is 7.45. The first-order chi connectivity index (χ1) is 14.4. The van der Waals surface area contributed by atoms with Crippen LogP contribution < -0.4 is 0 Å². The van der Waals surface area contributed by atoms with Crippen LogP contribution in [0.4, 0.5) is 0 Å². The molecule has 2 fully saturated rings. The van der Waals surface area contributed by atoms with E-state index in [2.05, 4.69) is 0 Å². The number of β-lactam (4-membered cyclic amide) rings is 1. The SMILES string of the molecule is CCOC(=O)C1(C(=O)OCC)[C@@H](C(OC(C)=O)c2ccccc2)CC[C@@H]2CC(=O)N21. The van der Waals surface area contributed by atoms with Crippen molar-refractivity contribution in [2.45, 2.75) is 57.7 Å². The molecule has 2 heterocycles. The third-order valence-electron chi connectivity index (χ3n) is 5.73. The summed E-state index contributed by atoms with van der Waals surface area (Å²) in [7, 11) is 0. The van der Waals surface area contributed by atoms with Crippen molar-refractivity contribution >= 4 is 23.8 Å². The number of benzene rings is 1. The fourth-order valence-electron chi connectivity index (χ4n) is 4.60. The lowest BCUT2D eigenvalue weighted by Gasteiger charge is -2.57. The second kappa shape index (κ2) is 8.85. The number of hydrogen-bond acceptors (Lipinski definition) is 7. The monoisotopic (exact) mass is 417 g/mol. The van der Waals surface area contributed by atoms with Crippen molar-refractivity contribution in [2.75, 3.05) is 13.2 Å².